The molecule has 1 aliphatic carbocycles. The largest absolute Gasteiger partial charge is 0.481 e. The summed E-state index contributed by atoms with van der Waals surface area (Å²) in [4.78, 5) is 28.5. The van der Waals surface area contributed by atoms with Crippen LogP contribution in [0.5, 0.6) is 0 Å². The van der Waals surface area contributed by atoms with Gasteiger partial charge in [-0.3, -0.25) is 9.59 Å². The normalized spacial score (nSPS) is 23.8. The molecule has 1 saturated carbocycles. The number of carbonyl (C=O) groups excluding carboxylic acids is 1. The molecule has 2 fully saturated rings. The highest BCUT2D eigenvalue weighted by molar-refractivity contribution is 7.91. The molecular formula is C30H31Cl3N2O5S2. The number of piperidine rings is 1. The van der Waals surface area contributed by atoms with Crippen LogP contribution in [0.15, 0.2) is 64.9 Å². The maximum absolute atomic E-state index is 14.6. The number of nitrogens with zero attached hydrogens (tertiary/aromatic N) is 2. The summed E-state index contributed by atoms with van der Waals surface area (Å²) in [6.45, 7) is 1.74. The second-order valence-corrected chi connectivity index (χ2v) is 16.3. The Hall–Kier alpha value is -2.14. The number of carboxylic acids is 1. The molecule has 2 heterocycles. The fourth-order valence-corrected chi connectivity index (χ4v) is 9.35. The second kappa shape index (κ2) is 12.1. The molecule has 4 atom stereocenters. The summed E-state index contributed by atoms with van der Waals surface area (Å²) in [6, 6.07) is 16.7. The average molecular weight is 670 g/mol. The van der Waals surface area contributed by atoms with Gasteiger partial charge in [-0.25, -0.2) is 8.42 Å². The lowest BCUT2D eigenvalue weighted by molar-refractivity contribution is -0.161. The summed E-state index contributed by atoms with van der Waals surface area (Å²) >= 11 is 19.7. The Balaban J connectivity index is 1.65. The molecule has 1 aliphatic heterocycles. The van der Waals surface area contributed by atoms with Gasteiger partial charge in [0.1, 0.15) is 4.21 Å². The molecule has 42 heavy (non-hydrogen) atoms. The van der Waals surface area contributed by atoms with Gasteiger partial charge < -0.3 is 10.0 Å². The van der Waals surface area contributed by atoms with Gasteiger partial charge in [0, 0.05) is 35.6 Å². The van der Waals surface area contributed by atoms with Crippen molar-refractivity contribution in [2.75, 3.05) is 13.6 Å². The lowest BCUT2D eigenvalue weighted by atomic mass is 9.67. The maximum atomic E-state index is 14.6. The summed E-state index contributed by atoms with van der Waals surface area (Å²) in [5.74, 6) is -1.63. The van der Waals surface area contributed by atoms with Gasteiger partial charge in [-0.1, -0.05) is 66.0 Å². The van der Waals surface area contributed by atoms with Crippen molar-refractivity contribution in [3.05, 3.63) is 86.2 Å². The summed E-state index contributed by atoms with van der Waals surface area (Å²) < 4.78 is 28.8. The second-order valence-electron chi connectivity index (χ2n) is 11.5. The van der Waals surface area contributed by atoms with E-state index in [0.717, 1.165) is 35.3 Å². The van der Waals surface area contributed by atoms with E-state index in [2.05, 4.69) is 0 Å². The van der Waals surface area contributed by atoms with Crippen molar-refractivity contribution in [2.45, 2.75) is 54.8 Å². The quantitative estimate of drug-likeness (QED) is 0.244. The molecule has 7 nitrogen and oxygen atoms in total. The third kappa shape index (κ3) is 6.37. The third-order valence-electron chi connectivity index (χ3n) is 8.31. The van der Waals surface area contributed by atoms with Crippen LogP contribution >= 0.6 is 46.1 Å². The number of sulfonamides is 1. The number of hydrogen-bond donors (Lipinski definition) is 1. The van der Waals surface area contributed by atoms with Gasteiger partial charge in [0.25, 0.3) is 10.0 Å². The first-order valence-electron chi connectivity index (χ1n) is 13.6. The van der Waals surface area contributed by atoms with Crippen LogP contribution < -0.4 is 0 Å². The van der Waals surface area contributed by atoms with Crippen LogP contribution in [0.25, 0.3) is 0 Å². The minimum Gasteiger partial charge on any atom is -0.481 e. The van der Waals surface area contributed by atoms with Gasteiger partial charge in [-0.05, 0) is 72.7 Å². The summed E-state index contributed by atoms with van der Waals surface area (Å²) in [5.41, 5.74) is 0.477. The highest BCUT2D eigenvalue weighted by Gasteiger charge is 2.55. The topological polar surface area (TPSA) is 95.0 Å². The Bertz CT molecular complexity index is 1590. The number of carbonyl (C=O) groups is 2. The Morgan fingerprint density at radius 2 is 1.76 bits per heavy atom. The van der Waals surface area contributed by atoms with E-state index >= 15 is 0 Å². The lowest BCUT2D eigenvalue weighted by Crippen LogP contribution is -2.59. The molecule has 2 aromatic carbocycles. The monoisotopic (exact) mass is 668 g/mol. The van der Waals surface area contributed by atoms with Gasteiger partial charge in [-0.15, -0.1) is 11.3 Å². The van der Waals surface area contributed by atoms with Crippen molar-refractivity contribution in [1.82, 2.24) is 9.21 Å². The van der Waals surface area contributed by atoms with E-state index < -0.39 is 33.5 Å². The first kappa shape index (κ1) is 31.3. The van der Waals surface area contributed by atoms with E-state index in [9.17, 15) is 23.1 Å². The van der Waals surface area contributed by atoms with Crippen LogP contribution in [-0.4, -0.2) is 54.2 Å². The predicted octanol–water partition coefficient (Wildman–Crippen LogP) is 7.35. The highest BCUT2D eigenvalue weighted by atomic mass is 35.5. The Morgan fingerprint density at radius 3 is 2.33 bits per heavy atom. The molecule has 0 bridgehead atoms. The summed E-state index contributed by atoms with van der Waals surface area (Å²) in [5, 5.41) is 11.0. The van der Waals surface area contributed by atoms with Crippen molar-refractivity contribution in [2.24, 2.45) is 11.3 Å². The zero-order valence-electron chi connectivity index (χ0n) is 23.0. The number of amides is 1. The molecule has 224 valence electrons. The maximum Gasteiger partial charge on any atom is 0.304 e. The lowest BCUT2D eigenvalue weighted by Gasteiger charge is -2.52. The smallest absolute Gasteiger partial charge is 0.304 e. The number of rotatable bonds is 10. The molecule has 5 rings (SSSR count). The van der Waals surface area contributed by atoms with Crippen LogP contribution in [-0.2, 0) is 19.6 Å². The van der Waals surface area contributed by atoms with Crippen molar-refractivity contribution in [3.63, 3.8) is 0 Å². The van der Waals surface area contributed by atoms with Gasteiger partial charge in [-0.2, -0.15) is 4.31 Å². The van der Waals surface area contributed by atoms with E-state index in [4.69, 9.17) is 34.8 Å². The molecule has 0 radical (unpaired) electrons. The van der Waals surface area contributed by atoms with Crippen molar-refractivity contribution in [1.29, 1.82) is 0 Å². The van der Waals surface area contributed by atoms with Crippen molar-refractivity contribution in [3.8, 4) is 0 Å². The van der Waals surface area contributed by atoms with Crippen LogP contribution in [0, 0.1) is 11.3 Å². The molecule has 1 N–H and O–H groups in total. The van der Waals surface area contributed by atoms with Crippen LogP contribution in [0.1, 0.15) is 55.7 Å². The minimum absolute atomic E-state index is 0.0454. The van der Waals surface area contributed by atoms with E-state index in [-0.39, 0.29) is 41.3 Å². The van der Waals surface area contributed by atoms with E-state index in [1.54, 1.807) is 36.1 Å². The van der Waals surface area contributed by atoms with Crippen molar-refractivity contribution < 1.29 is 23.1 Å². The number of hydrogen-bond acceptors (Lipinski definition) is 5. The average Bonchev–Trinajstić information content (AvgIpc) is 3.67. The molecule has 12 heteroatoms. The Morgan fingerprint density at radius 1 is 1.07 bits per heavy atom. The van der Waals surface area contributed by atoms with Crippen molar-refractivity contribution >= 4 is 68.0 Å². The SMILES string of the molecule is CN(CC(C1CC1)N1C(=O)[C@@](C)(CC(=O)O)C[C@H](c2cccc(Cl)c2)[C@H]1c1ccc(Cl)cc1)S(=O)(=O)c1ccc(Cl)s1. The van der Waals surface area contributed by atoms with E-state index in [1.165, 1.54) is 17.4 Å². The van der Waals surface area contributed by atoms with Gasteiger partial charge in [0.2, 0.25) is 5.91 Å². The van der Waals surface area contributed by atoms with Gasteiger partial charge in [0.05, 0.1) is 22.2 Å². The zero-order chi connectivity index (χ0) is 30.4. The first-order valence-corrected chi connectivity index (χ1v) is 17.0. The highest BCUT2D eigenvalue weighted by Crippen LogP contribution is 2.54. The molecule has 3 aromatic rings. The van der Waals surface area contributed by atoms with Crippen LogP contribution in [0.4, 0.5) is 0 Å². The molecule has 1 amide bonds. The number of carboxylic acid groups (broad SMARTS) is 1. The third-order valence-corrected chi connectivity index (χ3v) is 12.3. The zero-order valence-corrected chi connectivity index (χ0v) is 26.9. The number of aliphatic carboxylic acids is 1. The standard InChI is InChI=1S/C30H31Cl3N2O5S2/c1-30(16-26(36)37)15-23(20-4-3-5-22(32)14-20)28(19-8-10-21(31)11-9-19)35(29(30)38)24(18-6-7-18)17-34(2)42(39,40)27-13-12-25(33)41-27/h3-5,8-14,18,23-24,28H,6-7,15-17H2,1-2H3,(H,36,37)/t23-,24?,28-,30-/m1/s1. The van der Waals surface area contributed by atoms with Crippen LogP contribution in [0.3, 0.4) is 0 Å². The van der Waals surface area contributed by atoms with Crippen LogP contribution in [0.2, 0.25) is 14.4 Å². The van der Waals surface area contributed by atoms with Gasteiger partial charge >= 0.3 is 5.97 Å². The molecule has 0 spiro atoms. The first-order chi connectivity index (χ1) is 19.8. The Labute approximate surface area is 265 Å². The van der Waals surface area contributed by atoms with Gasteiger partial charge in [0.15, 0.2) is 0 Å². The molecule has 2 aliphatic rings. The number of halogens is 3. The summed E-state index contributed by atoms with van der Waals surface area (Å²) in [7, 11) is -2.37. The molecular weight excluding hydrogens is 639 g/mol. The number of thiophene rings is 1. The Kier molecular flexibility index (Phi) is 9.01. The molecule has 1 saturated heterocycles. The van der Waals surface area contributed by atoms with E-state index in [0.29, 0.717) is 14.4 Å². The van der Waals surface area contributed by atoms with E-state index in [1.807, 2.05) is 30.3 Å². The summed E-state index contributed by atoms with van der Waals surface area (Å²) in [6.07, 6.45) is 1.59. The number of likely N-dealkylation sites (N-methyl/N-ethyl adjacent to an activating group) is 1. The molecule has 1 aromatic heterocycles. The minimum atomic E-state index is -3.88. The fourth-order valence-electron chi connectivity index (χ4n) is 6.14. The number of benzene rings is 2. The molecule has 1 unspecified atom stereocenters. The number of likely N-dealkylation sites (tertiary alicyclic amines) is 1. The fraction of sp³-hybridized carbons (Fsp3) is 0.400. The predicted molar refractivity (Wildman–Crippen MR) is 166 cm³/mol.